The van der Waals surface area contributed by atoms with Gasteiger partial charge in [0.05, 0.1) is 17.9 Å². The number of carboxylic acid groups (broad SMARTS) is 1. The molecule has 11 N–H and O–H groups in total. The third kappa shape index (κ3) is 10.6. The first-order valence-corrected chi connectivity index (χ1v) is 16.6. The summed E-state index contributed by atoms with van der Waals surface area (Å²) >= 11 is 0. The Balaban J connectivity index is 1.20. The second-order valence-corrected chi connectivity index (χ2v) is 12.5. The largest absolute Gasteiger partial charge is 0.480 e. The topological polar surface area (TPSA) is 283 Å². The SMILES string of the molecule is CC(C)[C@H](N)C(=O)N[C@@H](C)C(=O)Nc1ccc(C(=O)NCCC[C@H](NC(=O)c2ccc(CCc3cnc4nc(N)nc(N)c4n3)cc2)C(=O)O)cc1. The summed E-state index contributed by atoms with van der Waals surface area (Å²) in [5.74, 6) is -2.93. The van der Waals surface area contributed by atoms with Crippen molar-refractivity contribution in [1.82, 2.24) is 35.9 Å². The van der Waals surface area contributed by atoms with E-state index in [9.17, 15) is 29.1 Å². The van der Waals surface area contributed by atoms with Crippen LogP contribution in [-0.4, -0.2) is 79.3 Å². The number of hydrogen-bond donors (Lipinski definition) is 8. The molecular formula is C35H43N11O6. The third-order valence-electron chi connectivity index (χ3n) is 8.13. The zero-order valence-corrected chi connectivity index (χ0v) is 29.1. The van der Waals surface area contributed by atoms with Crippen molar-refractivity contribution in [3.63, 3.8) is 0 Å². The molecule has 0 bridgehead atoms. The molecule has 0 aliphatic carbocycles. The van der Waals surface area contributed by atoms with Crippen LogP contribution in [0.5, 0.6) is 0 Å². The predicted molar refractivity (Wildman–Crippen MR) is 194 cm³/mol. The molecule has 0 spiro atoms. The number of nitrogens with two attached hydrogens (primary N) is 3. The van der Waals surface area contributed by atoms with Crippen LogP contribution in [0.3, 0.4) is 0 Å². The highest BCUT2D eigenvalue weighted by molar-refractivity contribution is 5.99. The van der Waals surface area contributed by atoms with Gasteiger partial charge in [0.15, 0.2) is 17.0 Å². The van der Waals surface area contributed by atoms with Gasteiger partial charge in [0.25, 0.3) is 11.8 Å². The lowest BCUT2D eigenvalue weighted by Gasteiger charge is -2.19. The smallest absolute Gasteiger partial charge is 0.326 e. The Morgan fingerprint density at radius 1 is 0.808 bits per heavy atom. The van der Waals surface area contributed by atoms with E-state index in [1.54, 1.807) is 49.5 Å². The van der Waals surface area contributed by atoms with E-state index in [4.69, 9.17) is 17.2 Å². The van der Waals surface area contributed by atoms with Crippen LogP contribution in [0, 0.1) is 5.92 Å². The molecule has 0 saturated heterocycles. The van der Waals surface area contributed by atoms with Crippen molar-refractivity contribution >= 4 is 58.2 Å². The van der Waals surface area contributed by atoms with Crippen molar-refractivity contribution in [2.24, 2.45) is 11.7 Å². The van der Waals surface area contributed by atoms with Crippen molar-refractivity contribution < 1.29 is 29.1 Å². The standard InChI is InChI=1S/C35H43N11O6/c1-18(2)26(36)33(50)41-19(3)30(47)43-23-14-11-21(12-15-23)31(48)39-16-4-5-25(34(51)52)44-32(49)22-9-6-20(7-10-22)8-13-24-17-40-29-27(42-24)28(37)45-35(38)46-29/h6-7,9-12,14-15,17-19,25-26H,4-5,8,13,16,36H2,1-3H3,(H,39,48)(H,41,50)(H,43,47)(H,44,49)(H,51,52)(H4,37,38,40,45,46)/t19-,25-,26-/m0/s1. The molecule has 0 aliphatic heterocycles. The molecular weight excluding hydrogens is 670 g/mol. The first kappa shape index (κ1) is 38.6. The van der Waals surface area contributed by atoms with Gasteiger partial charge in [0.2, 0.25) is 17.8 Å². The summed E-state index contributed by atoms with van der Waals surface area (Å²) in [6, 6.07) is 10.2. The fraction of sp³-hybridized carbons (Fsp3) is 0.343. The summed E-state index contributed by atoms with van der Waals surface area (Å²) in [4.78, 5) is 78.6. The Kier molecular flexibility index (Phi) is 13.1. The Hall–Kier alpha value is -6.23. The summed E-state index contributed by atoms with van der Waals surface area (Å²) in [7, 11) is 0. The third-order valence-corrected chi connectivity index (χ3v) is 8.13. The lowest BCUT2D eigenvalue weighted by molar-refractivity contribution is -0.139. The number of aryl methyl sites for hydroxylation is 2. The van der Waals surface area contributed by atoms with Crippen LogP contribution < -0.4 is 38.5 Å². The molecule has 0 aliphatic rings. The van der Waals surface area contributed by atoms with E-state index in [0.717, 1.165) is 5.56 Å². The molecule has 52 heavy (non-hydrogen) atoms. The van der Waals surface area contributed by atoms with E-state index in [1.165, 1.54) is 12.1 Å². The normalized spacial score (nSPS) is 12.8. The van der Waals surface area contributed by atoms with E-state index >= 15 is 0 Å². The van der Waals surface area contributed by atoms with E-state index in [1.807, 2.05) is 13.8 Å². The van der Waals surface area contributed by atoms with Gasteiger partial charge in [-0.2, -0.15) is 9.97 Å². The average Bonchev–Trinajstić information content (AvgIpc) is 3.11. The van der Waals surface area contributed by atoms with E-state index in [0.29, 0.717) is 46.5 Å². The van der Waals surface area contributed by atoms with Crippen molar-refractivity contribution in [2.75, 3.05) is 23.3 Å². The van der Waals surface area contributed by atoms with Crippen LogP contribution >= 0.6 is 0 Å². The minimum atomic E-state index is -1.20. The zero-order valence-electron chi connectivity index (χ0n) is 29.1. The van der Waals surface area contributed by atoms with Gasteiger partial charge in [0, 0.05) is 23.4 Å². The van der Waals surface area contributed by atoms with Crippen molar-refractivity contribution in [3.05, 3.63) is 77.1 Å². The monoisotopic (exact) mass is 713 g/mol. The lowest BCUT2D eigenvalue weighted by atomic mass is 10.0. The van der Waals surface area contributed by atoms with Crippen LogP contribution in [0.2, 0.25) is 0 Å². The molecule has 17 nitrogen and oxygen atoms in total. The number of carbonyl (C=O) groups is 5. The van der Waals surface area contributed by atoms with Crippen LogP contribution in [0.15, 0.2) is 54.7 Å². The van der Waals surface area contributed by atoms with E-state index in [-0.39, 0.29) is 37.1 Å². The summed E-state index contributed by atoms with van der Waals surface area (Å²) in [6.45, 7) is 5.32. The van der Waals surface area contributed by atoms with Gasteiger partial charge in [-0.1, -0.05) is 26.0 Å². The van der Waals surface area contributed by atoms with E-state index in [2.05, 4.69) is 41.2 Å². The van der Waals surface area contributed by atoms with Gasteiger partial charge in [-0.05, 0) is 80.5 Å². The number of anilines is 3. The van der Waals surface area contributed by atoms with Crippen LogP contribution in [0.4, 0.5) is 17.5 Å². The molecule has 4 amide bonds. The Morgan fingerprint density at radius 3 is 2.12 bits per heavy atom. The van der Waals surface area contributed by atoms with Crippen molar-refractivity contribution in [2.45, 2.75) is 64.6 Å². The number of carbonyl (C=O) groups excluding carboxylic acids is 4. The number of rotatable bonds is 16. The van der Waals surface area contributed by atoms with Gasteiger partial charge in [-0.15, -0.1) is 0 Å². The quantitative estimate of drug-likeness (QED) is 0.0759. The van der Waals surface area contributed by atoms with Gasteiger partial charge < -0.3 is 43.6 Å². The maximum Gasteiger partial charge on any atom is 0.326 e. The molecule has 17 heteroatoms. The summed E-state index contributed by atoms with van der Waals surface area (Å²) in [6.07, 6.45) is 3.08. The second-order valence-electron chi connectivity index (χ2n) is 12.5. The minimum absolute atomic E-state index is 0.0180. The number of aliphatic carboxylic acids is 1. The fourth-order valence-corrected chi connectivity index (χ4v) is 4.94. The van der Waals surface area contributed by atoms with Crippen LogP contribution in [0.1, 0.15) is 65.6 Å². The highest BCUT2D eigenvalue weighted by atomic mass is 16.4. The van der Waals surface area contributed by atoms with Crippen LogP contribution in [-0.2, 0) is 27.2 Å². The molecule has 0 radical (unpaired) electrons. The number of nitrogens with one attached hydrogen (secondary N) is 4. The molecule has 2 aromatic heterocycles. The number of amides is 4. The molecule has 4 aromatic rings. The van der Waals surface area contributed by atoms with Gasteiger partial charge in [-0.25, -0.2) is 14.8 Å². The average molecular weight is 714 g/mol. The summed E-state index contributed by atoms with van der Waals surface area (Å²) < 4.78 is 0. The number of aromatic nitrogens is 4. The number of hydrogen-bond acceptors (Lipinski definition) is 12. The van der Waals surface area contributed by atoms with Gasteiger partial charge >= 0.3 is 5.97 Å². The fourth-order valence-electron chi connectivity index (χ4n) is 4.94. The molecule has 0 saturated carbocycles. The maximum absolute atomic E-state index is 12.8. The van der Waals surface area contributed by atoms with Crippen LogP contribution in [0.25, 0.3) is 11.2 Å². The minimum Gasteiger partial charge on any atom is -0.480 e. The molecule has 4 rings (SSSR count). The predicted octanol–water partition coefficient (Wildman–Crippen LogP) is 1.19. The number of nitrogens with zero attached hydrogens (tertiary/aromatic N) is 4. The van der Waals surface area contributed by atoms with Gasteiger partial charge in [-0.3, -0.25) is 19.2 Å². The molecule has 2 heterocycles. The first-order chi connectivity index (χ1) is 24.7. The zero-order chi connectivity index (χ0) is 37.9. The number of fused-ring (bicyclic) bond motifs is 1. The summed E-state index contributed by atoms with van der Waals surface area (Å²) in [5, 5.41) is 20.2. The Labute approximate surface area is 299 Å². The van der Waals surface area contributed by atoms with E-state index < -0.39 is 47.7 Å². The molecule has 3 atom stereocenters. The highest BCUT2D eigenvalue weighted by Crippen LogP contribution is 2.16. The second kappa shape index (κ2) is 17.6. The van der Waals surface area contributed by atoms with Crippen molar-refractivity contribution in [3.8, 4) is 0 Å². The Morgan fingerprint density at radius 2 is 1.46 bits per heavy atom. The maximum atomic E-state index is 12.8. The molecule has 274 valence electrons. The Bertz CT molecular complexity index is 1920. The van der Waals surface area contributed by atoms with Gasteiger partial charge in [0.1, 0.15) is 12.1 Å². The highest BCUT2D eigenvalue weighted by Gasteiger charge is 2.23. The molecule has 0 unspecified atom stereocenters. The molecule has 2 aromatic carbocycles. The number of nitrogen functional groups attached to an aromatic ring is 2. The molecule has 0 fully saturated rings. The summed E-state index contributed by atoms with van der Waals surface area (Å²) in [5.41, 5.74) is 20.6. The lowest BCUT2D eigenvalue weighted by Crippen LogP contribution is -2.50. The first-order valence-electron chi connectivity index (χ1n) is 16.6. The number of carboxylic acids is 1. The van der Waals surface area contributed by atoms with Crippen molar-refractivity contribution in [1.29, 1.82) is 0 Å². The number of benzene rings is 2.